The Balaban J connectivity index is 0. The van der Waals surface area contributed by atoms with Crippen LogP contribution >= 0.6 is 12.6 Å². The minimum absolute atomic E-state index is 0.296. The molecule has 0 spiro atoms. The Morgan fingerprint density at radius 2 is 1.18 bits per heavy atom. The molecule has 1 atom stereocenters. The molecule has 0 aromatic heterocycles. The highest BCUT2D eigenvalue weighted by molar-refractivity contribution is 7.81. The molecule has 0 radical (unpaired) electrons. The zero-order chi connectivity index (χ0) is 14.0. The van der Waals surface area contributed by atoms with Crippen LogP contribution in [-0.2, 0) is 19.2 Å². The minimum Gasteiger partial charge on any atom is -0.481 e. The third-order valence-corrected chi connectivity index (χ3v) is 1.61. The van der Waals surface area contributed by atoms with Gasteiger partial charge in [0.2, 0.25) is 0 Å². The molecule has 0 bridgehead atoms. The van der Waals surface area contributed by atoms with Gasteiger partial charge in [0, 0.05) is 0 Å². The Morgan fingerprint density at radius 3 is 1.29 bits per heavy atom. The fraction of sp³-hybridized carbons (Fsp3) is 0.500. The van der Waals surface area contributed by atoms with Crippen LogP contribution in [-0.4, -0.2) is 49.6 Å². The molecule has 17 heavy (non-hydrogen) atoms. The number of carboxylic acid groups (broad SMARTS) is 4. The van der Waals surface area contributed by atoms with Crippen LogP contribution in [0, 0.1) is 0 Å². The van der Waals surface area contributed by atoms with E-state index in [-0.39, 0.29) is 12.8 Å². The van der Waals surface area contributed by atoms with Gasteiger partial charge in [0.15, 0.2) is 0 Å². The van der Waals surface area contributed by atoms with Crippen molar-refractivity contribution in [2.75, 3.05) is 0 Å². The van der Waals surface area contributed by atoms with Gasteiger partial charge in [0.1, 0.15) is 5.25 Å². The second-order valence-electron chi connectivity index (χ2n) is 2.74. The van der Waals surface area contributed by atoms with Crippen LogP contribution in [0.3, 0.4) is 0 Å². The lowest BCUT2D eigenvalue weighted by atomic mass is 10.3. The maximum absolute atomic E-state index is 9.90. The fourth-order valence-corrected chi connectivity index (χ4v) is 0.623. The van der Waals surface area contributed by atoms with Gasteiger partial charge >= 0.3 is 23.9 Å². The van der Waals surface area contributed by atoms with Crippen LogP contribution in [0.15, 0.2) is 0 Å². The van der Waals surface area contributed by atoms with Gasteiger partial charge in [-0.2, -0.15) is 12.6 Å². The average Bonchev–Trinajstić information content (AvgIpc) is 2.14. The van der Waals surface area contributed by atoms with Crippen molar-refractivity contribution in [1.29, 1.82) is 0 Å². The minimum atomic E-state index is -1.21. The SMILES string of the molecule is O=C(O)CC(S)C(=O)O.O=C(O)CCC(=O)O. The van der Waals surface area contributed by atoms with E-state index < -0.39 is 35.5 Å². The predicted octanol–water partition coefficient (Wildman–Crippen LogP) is -0.220. The molecule has 9 heteroatoms. The topological polar surface area (TPSA) is 149 Å². The van der Waals surface area contributed by atoms with E-state index in [1.165, 1.54) is 0 Å². The first kappa shape index (κ1) is 17.6. The van der Waals surface area contributed by atoms with Gasteiger partial charge in [0.05, 0.1) is 19.3 Å². The van der Waals surface area contributed by atoms with Crippen LogP contribution in [0.4, 0.5) is 0 Å². The standard InChI is InChI=1S/C4H6O4S.C4H6O4/c5-3(6)1-2(9)4(7)8;5-3(6)1-2-4(7)8/h2,9H,1H2,(H,5,6)(H,7,8);1-2H2,(H,5,6)(H,7,8). The zero-order valence-corrected chi connectivity index (χ0v) is 9.46. The van der Waals surface area contributed by atoms with Gasteiger partial charge in [0.25, 0.3) is 0 Å². The van der Waals surface area contributed by atoms with Crippen LogP contribution in [0.1, 0.15) is 19.3 Å². The summed E-state index contributed by atoms with van der Waals surface area (Å²) in [6.45, 7) is 0. The number of hydrogen-bond acceptors (Lipinski definition) is 5. The van der Waals surface area contributed by atoms with E-state index in [2.05, 4.69) is 12.6 Å². The summed E-state index contributed by atoms with van der Waals surface area (Å²) in [5.41, 5.74) is 0. The molecule has 0 saturated carbocycles. The van der Waals surface area contributed by atoms with Gasteiger partial charge in [-0.25, -0.2) is 0 Å². The molecule has 98 valence electrons. The molecule has 0 heterocycles. The van der Waals surface area contributed by atoms with Gasteiger partial charge < -0.3 is 20.4 Å². The summed E-state index contributed by atoms with van der Waals surface area (Å²) in [7, 11) is 0. The number of aliphatic carboxylic acids is 4. The van der Waals surface area contributed by atoms with Crippen molar-refractivity contribution in [3.8, 4) is 0 Å². The summed E-state index contributed by atoms with van der Waals surface area (Å²) >= 11 is 3.48. The van der Waals surface area contributed by atoms with Crippen molar-refractivity contribution in [3.63, 3.8) is 0 Å². The van der Waals surface area contributed by atoms with Crippen molar-refractivity contribution in [3.05, 3.63) is 0 Å². The Morgan fingerprint density at radius 1 is 0.824 bits per heavy atom. The van der Waals surface area contributed by atoms with Gasteiger partial charge in [-0.05, 0) is 0 Å². The summed E-state index contributed by atoms with van der Waals surface area (Å²) in [6.07, 6.45) is -1.04. The van der Waals surface area contributed by atoms with Gasteiger partial charge in [-0.15, -0.1) is 0 Å². The van der Waals surface area contributed by atoms with Crippen LogP contribution < -0.4 is 0 Å². The third kappa shape index (κ3) is 16.9. The first-order valence-electron chi connectivity index (χ1n) is 4.23. The lowest BCUT2D eigenvalue weighted by Gasteiger charge is -1.97. The quantitative estimate of drug-likeness (QED) is 0.415. The normalized spacial score (nSPS) is 10.6. The van der Waals surface area contributed by atoms with Crippen molar-refractivity contribution >= 4 is 36.5 Å². The van der Waals surface area contributed by atoms with Crippen molar-refractivity contribution in [2.24, 2.45) is 0 Å². The van der Waals surface area contributed by atoms with E-state index in [9.17, 15) is 19.2 Å². The Kier molecular flexibility index (Phi) is 9.80. The molecule has 0 aliphatic heterocycles. The van der Waals surface area contributed by atoms with Crippen molar-refractivity contribution < 1.29 is 39.6 Å². The summed E-state index contributed by atoms with van der Waals surface area (Å²) in [5, 5.41) is 30.8. The van der Waals surface area contributed by atoms with Crippen LogP contribution in [0.25, 0.3) is 0 Å². The van der Waals surface area contributed by atoms with Gasteiger partial charge in [-0.1, -0.05) is 0 Å². The molecule has 0 rings (SSSR count). The first-order valence-corrected chi connectivity index (χ1v) is 4.74. The molecule has 0 fully saturated rings. The highest BCUT2D eigenvalue weighted by Gasteiger charge is 2.15. The fourth-order valence-electron chi connectivity index (χ4n) is 0.467. The molecular weight excluding hydrogens is 256 g/mol. The number of hydrogen-bond donors (Lipinski definition) is 5. The number of carbonyl (C=O) groups is 4. The smallest absolute Gasteiger partial charge is 0.316 e. The first-order chi connectivity index (χ1) is 7.66. The molecular formula is C8H12O8S. The molecule has 0 aliphatic carbocycles. The molecule has 8 nitrogen and oxygen atoms in total. The molecule has 0 aliphatic rings. The Labute approximate surface area is 101 Å². The van der Waals surface area contributed by atoms with Crippen LogP contribution in [0.2, 0.25) is 0 Å². The second-order valence-corrected chi connectivity index (χ2v) is 3.36. The van der Waals surface area contributed by atoms with E-state index in [0.717, 1.165) is 0 Å². The van der Waals surface area contributed by atoms with Crippen molar-refractivity contribution in [2.45, 2.75) is 24.5 Å². The largest absolute Gasteiger partial charge is 0.481 e. The molecule has 1 unspecified atom stereocenters. The second kappa shape index (κ2) is 9.46. The molecule has 0 aromatic rings. The summed E-state index contributed by atoms with van der Waals surface area (Å²) in [6, 6.07) is 0. The molecule has 0 amide bonds. The Bertz CT molecular complexity index is 286. The maximum atomic E-state index is 9.90. The summed E-state index contributed by atoms with van der Waals surface area (Å²) in [4.78, 5) is 39.0. The number of thiol groups is 1. The third-order valence-electron chi connectivity index (χ3n) is 1.21. The number of carboxylic acids is 4. The maximum Gasteiger partial charge on any atom is 0.316 e. The Hall–Kier alpha value is -1.77. The summed E-state index contributed by atoms with van der Waals surface area (Å²) in [5.74, 6) is -4.52. The molecule has 0 aromatic carbocycles. The van der Waals surface area contributed by atoms with Crippen LogP contribution in [0.5, 0.6) is 0 Å². The predicted molar refractivity (Wildman–Crippen MR) is 57.2 cm³/mol. The van der Waals surface area contributed by atoms with Crippen molar-refractivity contribution in [1.82, 2.24) is 0 Å². The highest BCUT2D eigenvalue weighted by atomic mass is 32.1. The summed E-state index contributed by atoms with van der Waals surface area (Å²) < 4.78 is 0. The lowest BCUT2D eigenvalue weighted by molar-refractivity contribution is -0.143. The van der Waals surface area contributed by atoms with E-state index in [4.69, 9.17) is 20.4 Å². The van der Waals surface area contributed by atoms with Gasteiger partial charge in [-0.3, -0.25) is 19.2 Å². The highest BCUT2D eigenvalue weighted by Crippen LogP contribution is 1.99. The average molecular weight is 268 g/mol. The molecule has 4 N–H and O–H groups in total. The lowest BCUT2D eigenvalue weighted by Crippen LogP contribution is -2.17. The van der Waals surface area contributed by atoms with E-state index in [0.29, 0.717) is 0 Å². The van der Waals surface area contributed by atoms with E-state index in [1.807, 2.05) is 0 Å². The number of rotatable bonds is 6. The van der Waals surface area contributed by atoms with E-state index >= 15 is 0 Å². The zero-order valence-electron chi connectivity index (χ0n) is 8.57. The molecule has 0 saturated heterocycles. The van der Waals surface area contributed by atoms with E-state index in [1.54, 1.807) is 0 Å². The monoisotopic (exact) mass is 268 g/mol.